The molecule has 0 heterocycles. The Morgan fingerprint density at radius 3 is 2.14 bits per heavy atom. The predicted octanol–water partition coefficient (Wildman–Crippen LogP) is 4.06. The molecule has 2 fully saturated rings. The van der Waals surface area contributed by atoms with E-state index in [2.05, 4.69) is 10.9 Å². The van der Waals surface area contributed by atoms with E-state index in [9.17, 15) is 4.79 Å². The average Bonchev–Trinajstić information content (AvgIpc) is 2.61. The molecule has 1 aromatic carbocycles. The molecule has 2 aliphatic carbocycles. The number of benzene rings is 1. The van der Waals surface area contributed by atoms with Crippen molar-refractivity contribution in [3.63, 3.8) is 0 Å². The van der Waals surface area contributed by atoms with Gasteiger partial charge in [-0.3, -0.25) is 10.2 Å². The molecule has 0 spiro atoms. The normalized spacial score (nSPS) is 26.5. The van der Waals surface area contributed by atoms with E-state index >= 15 is 0 Å². The number of carbonyl (C=O) groups is 1. The Hall–Kier alpha value is -1.35. The SMILES string of the molecule is O=C(NNC1CCC(C2CCCCC2)CC1)c1ccccc1. The summed E-state index contributed by atoms with van der Waals surface area (Å²) in [5, 5.41) is 0. The largest absolute Gasteiger partial charge is 0.287 e. The Labute approximate surface area is 133 Å². The van der Waals surface area contributed by atoms with Crippen LogP contribution < -0.4 is 10.9 Å². The Morgan fingerprint density at radius 2 is 1.45 bits per heavy atom. The third-order valence-electron chi connectivity index (χ3n) is 5.51. The van der Waals surface area contributed by atoms with Gasteiger partial charge in [0.05, 0.1) is 0 Å². The lowest BCUT2D eigenvalue weighted by molar-refractivity contribution is 0.0910. The van der Waals surface area contributed by atoms with Crippen LogP contribution in [-0.2, 0) is 0 Å². The molecule has 1 aromatic rings. The highest BCUT2D eigenvalue weighted by atomic mass is 16.2. The summed E-state index contributed by atoms with van der Waals surface area (Å²) in [6.45, 7) is 0. The molecule has 0 atom stereocenters. The number of rotatable bonds is 4. The van der Waals surface area contributed by atoms with Gasteiger partial charge in [-0.15, -0.1) is 0 Å². The highest BCUT2D eigenvalue weighted by Crippen LogP contribution is 2.38. The van der Waals surface area contributed by atoms with Gasteiger partial charge in [0, 0.05) is 11.6 Å². The van der Waals surface area contributed by atoms with Crippen LogP contribution in [0, 0.1) is 11.8 Å². The van der Waals surface area contributed by atoms with Gasteiger partial charge >= 0.3 is 0 Å². The first kappa shape index (κ1) is 15.5. The lowest BCUT2D eigenvalue weighted by Gasteiger charge is -2.36. The molecule has 2 aliphatic rings. The summed E-state index contributed by atoms with van der Waals surface area (Å²) < 4.78 is 0. The third-order valence-corrected chi connectivity index (χ3v) is 5.51. The van der Waals surface area contributed by atoms with Gasteiger partial charge in [0.2, 0.25) is 0 Å². The zero-order chi connectivity index (χ0) is 15.2. The van der Waals surface area contributed by atoms with Gasteiger partial charge < -0.3 is 0 Å². The van der Waals surface area contributed by atoms with Gasteiger partial charge in [0.15, 0.2) is 0 Å². The van der Waals surface area contributed by atoms with Crippen LogP contribution in [0.3, 0.4) is 0 Å². The standard InChI is InChI=1S/C19H28N2O/c22-19(17-9-5-2-6-10-17)21-20-18-13-11-16(12-14-18)15-7-3-1-4-8-15/h2,5-6,9-10,15-16,18,20H,1,3-4,7-8,11-14H2,(H,21,22). The maximum atomic E-state index is 12.0. The second kappa shape index (κ2) is 7.77. The zero-order valence-corrected chi connectivity index (χ0v) is 13.4. The van der Waals surface area contributed by atoms with E-state index in [-0.39, 0.29) is 5.91 Å². The van der Waals surface area contributed by atoms with E-state index < -0.39 is 0 Å². The molecule has 3 rings (SSSR count). The highest BCUT2D eigenvalue weighted by Gasteiger charge is 2.28. The molecular weight excluding hydrogens is 272 g/mol. The summed E-state index contributed by atoms with van der Waals surface area (Å²) in [4.78, 5) is 12.0. The lowest BCUT2D eigenvalue weighted by atomic mass is 9.72. The summed E-state index contributed by atoms with van der Waals surface area (Å²) in [6.07, 6.45) is 12.3. The van der Waals surface area contributed by atoms with Crippen LogP contribution in [0.1, 0.15) is 68.1 Å². The van der Waals surface area contributed by atoms with Crippen LogP contribution in [0.5, 0.6) is 0 Å². The van der Waals surface area contributed by atoms with E-state index in [4.69, 9.17) is 0 Å². The van der Waals surface area contributed by atoms with Crippen LogP contribution in [0.25, 0.3) is 0 Å². The number of hydrazine groups is 1. The van der Waals surface area contributed by atoms with Crippen LogP contribution in [-0.4, -0.2) is 11.9 Å². The van der Waals surface area contributed by atoms with Crippen LogP contribution in [0.4, 0.5) is 0 Å². The Morgan fingerprint density at radius 1 is 0.818 bits per heavy atom. The quantitative estimate of drug-likeness (QED) is 0.823. The first-order valence-electron chi connectivity index (χ1n) is 8.94. The Bertz CT molecular complexity index is 460. The number of hydrogen-bond acceptors (Lipinski definition) is 2. The minimum Gasteiger partial charge on any atom is -0.287 e. The van der Waals surface area contributed by atoms with E-state index in [1.807, 2.05) is 30.3 Å². The van der Waals surface area contributed by atoms with E-state index in [1.54, 1.807) is 0 Å². The van der Waals surface area contributed by atoms with Gasteiger partial charge in [0.25, 0.3) is 5.91 Å². The summed E-state index contributed by atoms with van der Waals surface area (Å²) in [5.41, 5.74) is 6.83. The van der Waals surface area contributed by atoms with Gasteiger partial charge in [-0.25, -0.2) is 5.43 Å². The molecule has 120 valence electrons. The van der Waals surface area contributed by atoms with Gasteiger partial charge in [-0.2, -0.15) is 0 Å². The monoisotopic (exact) mass is 300 g/mol. The van der Waals surface area contributed by atoms with E-state index in [0.29, 0.717) is 11.6 Å². The number of amides is 1. The molecule has 2 N–H and O–H groups in total. The molecule has 0 aliphatic heterocycles. The summed E-state index contributed by atoms with van der Waals surface area (Å²) in [6, 6.07) is 9.84. The van der Waals surface area contributed by atoms with Crippen molar-refractivity contribution in [2.24, 2.45) is 11.8 Å². The van der Waals surface area contributed by atoms with Crippen LogP contribution in [0.2, 0.25) is 0 Å². The number of hydrogen-bond donors (Lipinski definition) is 2. The van der Waals surface area contributed by atoms with Gasteiger partial charge in [-0.05, 0) is 49.7 Å². The van der Waals surface area contributed by atoms with Crippen molar-refractivity contribution in [1.29, 1.82) is 0 Å². The third kappa shape index (κ3) is 4.10. The minimum atomic E-state index is -0.0324. The van der Waals surface area contributed by atoms with Crippen molar-refractivity contribution in [2.45, 2.75) is 63.8 Å². The molecule has 3 nitrogen and oxygen atoms in total. The molecule has 2 saturated carbocycles. The molecular formula is C19H28N2O. The Balaban J connectivity index is 1.39. The summed E-state index contributed by atoms with van der Waals surface area (Å²) in [7, 11) is 0. The van der Waals surface area contributed by atoms with Crippen molar-refractivity contribution in [2.75, 3.05) is 0 Å². The maximum Gasteiger partial charge on any atom is 0.265 e. The van der Waals surface area contributed by atoms with Crippen molar-refractivity contribution < 1.29 is 4.79 Å². The van der Waals surface area contributed by atoms with Gasteiger partial charge in [-0.1, -0.05) is 50.3 Å². The fraction of sp³-hybridized carbons (Fsp3) is 0.632. The Kier molecular flexibility index (Phi) is 5.49. The smallest absolute Gasteiger partial charge is 0.265 e. The van der Waals surface area contributed by atoms with Crippen molar-refractivity contribution in [3.05, 3.63) is 35.9 Å². The number of carbonyl (C=O) groups excluding carboxylic acids is 1. The topological polar surface area (TPSA) is 41.1 Å². The predicted molar refractivity (Wildman–Crippen MR) is 89.4 cm³/mol. The van der Waals surface area contributed by atoms with Gasteiger partial charge in [0.1, 0.15) is 0 Å². The first-order chi connectivity index (χ1) is 10.8. The molecule has 0 aromatic heterocycles. The lowest BCUT2D eigenvalue weighted by Crippen LogP contribution is -2.46. The zero-order valence-electron chi connectivity index (χ0n) is 13.4. The van der Waals surface area contributed by atoms with Crippen molar-refractivity contribution in [1.82, 2.24) is 10.9 Å². The van der Waals surface area contributed by atoms with Crippen molar-refractivity contribution in [3.8, 4) is 0 Å². The molecule has 0 radical (unpaired) electrons. The van der Waals surface area contributed by atoms with E-state index in [0.717, 1.165) is 11.8 Å². The molecule has 0 saturated heterocycles. The van der Waals surface area contributed by atoms with Crippen LogP contribution in [0.15, 0.2) is 30.3 Å². The minimum absolute atomic E-state index is 0.0324. The molecule has 0 bridgehead atoms. The molecule has 1 amide bonds. The second-order valence-electron chi connectivity index (χ2n) is 6.97. The first-order valence-corrected chi connectivity index (χ1v) is 8.94. The summed E-state index contributed by atoms with van der Waals surface area (Å²) in [5.74, 6) is 1.88. The summed E-state index contributed by atoms with van der Waals surface area (Å²) >= 11 is 0. The second-order valence-corrected chi connectivity index (χ2v) is 6.97. The highest BCUT2D eigenvalue weighted by molar-refractivity contribution is 5.93. The number of nitrogens with one attached hydrogen (secondary N) is 2. The molecule has 3 heteroatoms. The fourth-order valence-corrected chi connectivity index (χ4v) is 4.17. The fourth-order valence-electron chi connectivity index (χ4n) is 4.17. The maximum absolute atomic E-state index is 12.0. The molecule has 0 unspecified atom stereocenters. The van der Waals surface area contributed by atoms with Crippen molar-refractivity contribution >= 4 is 5.91 Å². The van der Waals surface area contributed by atoms with E-state index in [1.165, 1.54) is 57.8 Å². The van der Waals surface area contributed by atoms with Crippen LogP contribution >= 0.6 is 0 Å². The molecule has 22 heavy (non-hydrogen) atoms. The average molecular weight is 300 g/mol.